The topological polar surface area (TPSA) is 49.3 Å². The molecule has 0 bridgehead atoms. The average molecular weight is 221 g/mol. The van der Waals surface area contributed by atoms with Crippen LogP contribution >= 0.6 is 0 Å². The highest BCUT2D eigenvalue weighted by Crippen LogP contribution is 2.25. The maximum atomic E-state index is 11.0. The smallest absolute Gasteiger partial charge is 0.308 e. The van der Waals surface area contributed by atoms with E-state index in [1.165, 1.54) is 0 Å². The van der Waals surface area contributed by atoms with Gasteiger partial charge in [-0.05, 0) is 32.0 Å². The second-order valence-electron chi connectivity index (χ2n) is 4.25. The number of benzene rings is 1. The Balaban J connectivity index is 3.12. The predicted molar refractivity (Wildman–Crippen MR) is 64.5 cm³/mol. The summed E-state index contributed by atoms with van der Waals surface area (Å²) < 4.78 is 0. The molecule has 0 heterocycles. The molecule has 88 valence electrons. The fourth-order valence-electron chi connectivity index (χ4n) is 1.91. The molecule has 1 rings (SSSR count). The molecule has 2 atom stereocenters. The zero-order valence-electron chi connectivity index (χ0n) is 10.2. The Bertz CT molecular complexity index is 388. The molecule has 3 nitrogen and oxygen atoms in total. The first kappa shape index (κ1) is 12.7. The second-order valence-corrected chi connectivity index (χ2v) is 4.25. The molecular weight excluding hydrogens is 202 g/mol. The molecule has 0 spiro atoms. The minimum Gasteiger partial charge on any atom is -0.481 e. The first-order valence-corrected chi connectivity index (χ1v) is 5.44. The molecule has 0 amide bonds. The summed E-state index contributed by atoms with van der Waals surface area (Å²) in [6, 6.07) is 5.98. The van der Waals surface area contributed by atoms with Crippen LogP contribution in [0.25, 0.3) is 0 Å². The second kappa shape index (κ2) is 5.12. The van der Waals surface area contributed by atoms with Crippen LogP contribution in [0, 0.1) is 19.8 Å². The van der Waals surface area contributed by atoms with Gasteiger partial charge in [-0.3, -0.25) is 4.79 Å². The molecule has 16 heavy (non-hydrogen) atoms. The minimum absolute atomic E-state index is 0.141. The van der Waals surface area contributed by atoms with E-state index in [-0.39, 0.29) is 6.04 Å². The number of carboxylic acid groups (broad SMARTS) is 1. The number of rotatable bonds is 4. The highest BCUT2D eigenvalue weighted by atomic mass is 16.4. The molecule has 1 aromatic rings. The van der Waals surface area contributed by atoms with Gasteiger partial charge in [0.25, 0.3) is 0 Å². The van der Waals surface area contributed by atoms with E-state index < -0.39 is 11.9 Å². The Labute approximate surface area is 96.5 Å². The van der Waals surface area contributed by atoms with Gasteiger partial charge in [-0.2, -0.15) is 0 Å². The van der Waals surface area contributed by atoms with Crippen LogP contribution in [-0.2, 0) is 4.79 Å². The van der Waals surface area contributed by atoms with Gasteiger partial charge in [0.15, 0.2) is 0 Å². The number of carbonyl (C=O) groups is 1. The zero-order chi connectivity index (χ0) is 12.3. The maximum absolute atomic E-state index is 11.0. The number of aliphatic carboxylic acids is 1. The van der Waals surface area contributed by atoms with E-state index in [0.717, 1.165) is 16.7 Å². The highest BCUT2D eigenvalue weighted by Gasteiger charge is 2.24. The van der Waals surface area contributed by atoms with E-state index in [1.54, 1.807) is 14.0 Å². The normalized spacial score (nSPS) is 14.5. The van der Waals surface area contributed by atoms with Crippen molar-refractivity contribution in [1.29, 1.82) is 0 Å². The predicted octanol–water partition coefficient (Wildman–Crippen LogP) is 2.28. The third-order valence-corrected chi connectivity index (χ3v) is 2.97. The van der Waals surface area contributed by atoms with Crippen molar-refractivity contribution in [2.24, 2.45) is 5.92 Å². The van der Waals surface area contributed by atoms with Crippen LogP contribution in [0.3, 0.4) is 0 Å². The molecule has 0 fully saturated rings. The summed E-state index contributed by atoms with van der Waals surface area (Å²) in [6.07, 6.45) is 0. The lowest BCUT2D eigenvalue weighted by molar-refractivity contribution is -0.142. The van der Waals surface area contributed by atoms with Gasteiger partial charge in [0, 0.05) is 6.04 Å². The van der Waals surface area contributed by atoms with E-state index in [9.17, 15) is 4.79 Å². The molecular formula is C13H19NO2. The Kier molecular flexibility index (Phi) is 4.07. The lowest BCUT2D eigenvalue weighted by Crippen LogP contribution is -2.29. The van der Waals surface area contributed by atoms with Gasteiger partial charge >= 0.3 is 5.97 Å². The molecule has 0 radical (unpaired) electrons. The van der Waals surface area contributed by atoms with E-state index in [1.807, 2.05) is 26.0 Å². The van der Waals surface area contributed by atoms with Gasteiger partial charge in [-0.15, -0.1) is 0 Å². The van der Waals surface area contributed by atoms with Crippen LogP contribution < -0.4 is 5.32 Å². The summed E-state index contributed by atoms with van der Waals surface area (Å²) in [5, 5.41) is 12.2. The minimum atomic E-state index is -0.778. The molecule has 2 N–H and O–H groups in total. The average Bonchev–Trinajstić information content (AvgIpc) is 2.23. The maximum Gasteiger partial charge on any atom is 0.308 e. The number of hydrogen-bond donors (Lipinski definition) is 2. The van der Waals surface area contributed by atoms with Gasteiger partial charge in [0.05, 0.1) is 5.92 Å². The molecule has 0 aromatic heterocycles. The fourth-order valence-corrected chi connectivity index (χ4v) is 1.91. The standard InChI is InChI=1S/C13H19NO2/c1-8-5-6-9(2)11(7-8)12(14-4)10(3)13(15)16/h5-7,10,12,14H,1-4H3,(H,15,16). The van der Waals surface area contributed by atoms with Crippen molar-refractivity contribution in [2.75, 3.05) is 7.05 Å². The highest BCUT2D eigenvalue weighted by molar-refractivity contribution is 5.71. The summed E-state index contributed by atoms with van der Waals surface area (Å²) in [5.74, 6) is -1.22. The number of carboxylic acids is 1. The summed E-state index contributed by atoms with van der Waals surface area (Å²) in [7, 11) is 1.80. The summed E-state index contributed by atoms with van der Waals surface area (Å²) in [6.45, 7) is 5.75. The molecule has 1 aromatic carbocycles. The Morgan fingerprint density at radius 2 is 2.00 bits per heavy atom. The number of hydrogen-bond acceptors (Lipinski definition) is 2. The summed E-state index contributed by atoms with van der Waals surface area (Å²) in [5.41, 5.74) is 3.34. The Morgan fingerprint density at radius 3 is 2.50 bits per heavy atom. The van der Waals surface area contributed by atoms with Crippen LogP contribution in [0.5, 0.6) is 0 Å². The number of nitrogens with one attached hydrogen (secondary N) is 1. The monoisotopic (exact) mass is 221 g/mol. The van der Waals surface area contributed by atoms with Crippen LogP contribution in [0.4, 0.5) is 0 Å². The van der Waals surface area contributed by atoms with Gasteiger partial charge in [0.2, 0.25) is 0 Å². The zero-order valence-corrected chi connectivity index (χ0v) is 10.2. The van der Waals surface area contributed by atoms with Crippen molar-refractivity contribution >= 4 is 5.97 Å². The first-order valence-electron chi connectivity index (χ1n) is 5.44. The van der Waals surface area contributed by atoms with Gasteiger partial charge in [-0.25, -0.2) is 0 Å². The molecule has 0 aliphatic carbocycles. The van der Waals surface area contributed by atoms with E-state index >= 15 is 0 Å². The number of aryl methyl sites for hydroxylation is 2. The van der Waals surface area contributed by atoms with Crippen molar-refractivity contribution in [3.8, 4) is 0 Å². The molecule has 0 aliphatic rings. The van der Waals surface area contributed by atoms with Crippen molar-refractivity contribution in [3.63, 3.8) is 0 Å². The summed E-state index contributed by atoms with van der Waals surface area (Å²) >= 11 is 0. The molecule has 3 heteroatoms. The molecule has 2 unspecified atom stereocenters. The van der Waals surface area contributed by atoms with Gasteiger partial charge in [0.1, 0.15) is 0 Å². The molecule has 0 saturated carbocycles. The molecule has 0 aliphatic heterocycles. The van der Waals surface area contributed by atoms with Crippen molar-refractivity contribution in [3.05, 3.63) is 34.9 Å². The van der Waals surface area contributed by atoms with E-state index in [2.05, 4.69) is 11.4 Å². The first-order chi connectivity index (χ1) is 7.47. The van der Waals surface area contributed by atoms with Crippen molar-refractivity contribution in [1.82, 2.24) is 5.32 Å². The lowest BCUT2D eigenvalue weighted by Gasteiger charge is -2.23. The fraction of sp³-hybridized carbons (Fsp3) is 0.462. The van der Waals surface area contributed by atoms with Gasteiger partial charge in [-0.1, -0.05) is 30.7 Å². The Morgan fingerprint density at radius 1 is 1.38 bits per heavy atom. The summed E-state index contributed by atoms with van der Waals surface area (Å²) in [4.78, 5) is 11.0. The Hall–Kier alpha value is -1.35. The van der Waals surface area contributed by atoms with E-state index in [0.29, 0.717) is 0 Å². The quantitative estimate of drug-likeness (QED) is 0.820. The van der Waals surface area contributed by atoms with Crippen molar-refractivity contribution in [2.45, 2.75) is 26.8 Å². The van der Waals surface area contributed by atoms with Crippen LogP contribution in [0.15, 0.2) is 18.2 Å². The SMILES string of the molecule is CNC(c1cc(C)ccc1C)C(C)C(=O)O. The van der Waals surface area contributed by atoms with Crippen LogP contribution in [-0.4, -0.2) is 18.1 Å². The lowest BCUT2D eigenvalue weighted by atomic mass is 9.90. The third-order valence-electron chi connectivity index (χ3n) is 2.97. The van der Waals surface area contributed by atoms with Crippen LogP contribution in [0.1, 0.15) is 29.7 Å². The van der Waals surface area contributed by atoms with Gasteiger partial charge < -0.3 is 10.4 Å². The van der Waals surface area contributed by atoms with Crippen LogP contribution in [0.2, 0.25) is 0 Å². The molecule has 0 saturated heterocycles. The van der Waals surface area contributed by atoms with E-state index in [4.69, 9.17) is 5.11 Å². The third kappa shape index (κ3) is 2.61. The largest absolute Gasteiger partial charge is 0.481 e. The van der Waals surface area contributed by atoms with Crippen molar-refractivity contribution < 1.29 is 9.90 Å².